The highest BCUT2D eigenvalue weighted by molar-refractivity contribution is 9.12. The largest absolute Gasteiger partial charge is 0.338 e. The highest BCUT2D eigenvalue weighted by Crippen LogP contribution is 2.37. The maximum absolute atomic E-state index is 8.87. The number of H-pyrrole nitrogens is 1. The van der Waals surface area contributed by atoms with Gasteiger partial charge in [0.05, 0.1) is 30.2 Å². The number of aromatic amines is 1. The van der Waals surface area contributed by atoms with Gasteiger partial charge in [-0.05, 0) is 56.1 Å². The zero-order valence-electron chi connectivity index (χ0n) is 8.87. The van der Waals surface area contributed by atoms with Gasteiger partial charge in [0.1, 0.15) is 5.82 Å². The van der Waals surface area contributed by atoms with E-state index in [1.807, 2.05) is 12.1 Å². The number of hydrogen-bond donors (Lipinski definition) is 1. The summed E-state index contributed by atoms with van der Waals surface area (Å²) in [6, 6.07) is 9.56. The van der Waals surface area contributed by atoms with E-state index in [4.69, 9.17) is 5.26 Å². The van der Waals surface area contributed by atoms with Crippen molar-refractivity contribution in [1.29, 1.82) is 5.26 Å². The van der Waals surface area contributed by atoms with Crippen LogP contribution >= 0.6 is 43.2 Å². The monoisotopic (exact) mass is 381 g/mol. The van der Waals surface area contributed by atoms with Crippen molar-refractivity contribution in [3.05, 3.63) is 37.4 Å². The van der Waals surface area contributed by atoms with Crippen LogP contribution in [0.3, 0.4) is 0 Å². The maximum atomic E-state index is 8.87. The Kier molecular flexibility index (Phi) is 2.98. The van der Waals surface area contributed by atoms with E-state index in [2.05, 4.69) is 47.9 Å². The fourth-order valence-electron chi connectivity index (χ4n) is 1.71. The van der Waals surface area contributed by atoms with Gasteiger partial charge in [-0.25, -0.2) is 4.98 Å². The Bertz CT molecular complexity index is 782. The average Bonchev–Trinajstić information content (AvgIpc) is 2.90. The number of nitriles is 1. The molecule has 0 radical (unpaired) electrons. The Morgan fingerprint density at radius 2 is 2.11 bits per heavy atom. The third kappa shape index (κ3) is 1.99. The highest BCUT2D eigenvalue weighted by Gasteiger charge is 2.12. The molecule has 1 N–H and O–H groups in total. The molecule has 0 fully saturated rings. The van der Waals surface area contributed by atoms with Gasteiger partial charge >= 0.3 is 0 Å². The number of rotatable bonds is 1. The molecule has 1 aromatic carbocycles. The predicted octanol–water partition coefficient (Wildman–Crippen LogP) is 4.69. The molecule has 0 saturated heterocycles. The second kappa shape index (κ2) is 4.50. The van der Waals surface area contributed by atoms with Gasteiger partial charge in [-0.3, -0.25) is 0 Å². The van der Waals surface area contributed by atoms with Crippen molar-refractivity contribution in [2.24, 2.45) is 0 Å². The van der Waals surface area contributed by atoms with Crippen molar-refractivity contribution in [2.75, 3.05) is 0 Å². The third-order valence-electron chi connectivity index (χ3n) is 2.52. The Hall–Kier alpha value is -1.16. The lowest BCUT2D eigenvalue weighted by Gasteiger charge is -1.90. The molecule has 0 saturated carbocycles. The van der Waals surface area contributed by atoms with Crippen LogP contribution in [0.1, 0.15) is 5.56 Å². The van der Waals surface area contributed by atoms with Crippen LogP contribution in [0.2, 0.25) is 0 Å². The van der Waals surface area contributed by atoms with Gasteiger partial charge in [0.15, 0.2) is 0 Å². The summed E-state index contributed by atoms with van der Waals surface area (Å²) in [5.41, 5.74) is 3.38. The van der Waals surface area contributed by atoms with E-state index in [0.717, 1.165) is 30.0 Å². The van der Waals surface area contributed by atoms with Crippen molar-refractivity contribution < 1.29 is 0 Å². The van der Waals surface area contributed by atoms with E-state index in [9.17, 15) is 0 Å². The summed E-state index contributed by atoms with van der Waals surface area (Å²) in [6.07, 6.45) is 0. The van der Waals surface area contributed by atoms with E-state index in [1.54, 1.807) is 23.5 Å². The Morgan fingerprint density at radius 3 is 2.78 bits per heavy atom. The highest BCUT2D eigenvalue weighted by atomic mass is 79.9. The normalized spacial score (nSPS) is 10.7. The van der Waals surface area contributed by atoms with Gasteiger partial charge in [-0.2, -0.15) is 5.26 Å². The fourth-order valence-corrected chi connectivity index (χ4v) is 4.51. The molecule has 2 aromatic heterocycles. The van der Waals surface area contributed by atoms with E-state index in [-0.39, 0.29) is 0 Å². The molecule has 88 valence electrons. The van der Waals surface area contributed by atoms with E-state index < -0.39 is 0 Å². The van der Waals surface area contributed by atoms with Gasteiger partial charge in [0, 0.05) is 5.56 Å². The van der Waals surface area contributed by atoms with Crippen LogP contribution in [0.15, 0.2) is 31.8 Å². The first-order chi connectivity index (χ1) is 8.67. The molecule has 0 bridgehead atoms. The number of fused-ring (bicyclic) bond motifs is 1. The first-order valence-corrected chi connectivity index (χ1v) is 7.42. The van der Waals surface area contributed by atoms with Gasteiger partial charge in [0.25, 0.3) is 0 Å². The zero-order chi connectivity index (χ0) is 12.7. The van der Waals surface area contributed by atoms with Gasteiger partial charge in [-0.15, -0.1) is 11.3 Å². The average molecular weight is 383 g/mol. The smallest absolute Gasteiger partial charge is 0.140 e. The first kappa shape index (κ1) is 11.9. The second-order valence-electron chi connectivity index (χ2n) is 3.67. The minimum Gasteiger partial charge on any atom is -0.338 e. The summed E-state index contributed by atoms with van der Waals surface area (Å²) in [6.45, 7) is 0. The number of thiophene rings is 1. The van der Waals surface area contributed by atoms with Crippen LogP contribution in [-0.4, -0.2) is 9.97 Å². The first-order valence-electron chi connectivity index (χ1n) is 5.02. The molecule has 3 nitrogen and oxygen atoms in total. The molecule has 0 spiro atoms. The quantitative estimate of drug-likeness (QED) is 0.663. The van der Waals surface area contributed by atoms with Crippen molar-refractivity contribution >= 4 is 54.2 Å². The molecule has 18 heavy (non-hydrogen) atoms. The Balaban J connectivity index is 2.19. The molecular formula is C12H5Br2N3S. The predicted molar refractivity (Wildman–Crippen MR) is 79.5 cm³/mol. The second-order valence-corrected chi connectivity index (χ2v) is 7.42. The molecule has 3 aromatic rings. The lowest BCUT2D eigenvalue weighted by atomic mass is 10.2. The van der Waals surface area contributed by atoms with E-state index >= 15 is 0 Å². The Labute approximate surface area is 124 Å². The van der Waals surface area contributed by atoms with Crippen molar-refractivity contribution in [1.82, 2.24) is 9.97 Å². The summed E-state index contributed by atoms with van der Waals surface area (Å²) in [7, 11) is 0. The van der Waals surface area contributed by atoms with Gasteiger partial charge in [0.2, 0.25) is 0 Å². The summed E-state index contributed by atoms with van der Waals surface area (Å²) < 4.78 is 2.07. The van der Waals surface area contributed by atoms with E-state index in [0.29, 0.717) is 5.56 Å². The molecule has 0 atom stereocenters. The van der Waals surface area contributed by atoms with Crippen LogP contribution in [0, 0.1) is 11.3 Å². The van der Waals surface area contributed by atoms with Crippen LogP contribution in [0.4, 0.5) is 0 Å². The number of benzene rings is 1. The lowest BCUT2D eigenvalue weighted by Crippen LogP contribution is -1.76. The van der Waals surface area contributed by atoms with Crippen LogP contribution < -0.4 is 0 Å². The number of aromatic nitrogens is 2. The summed E-state index contributed by atoms with van der Waals surface area (Å²) in [5.74, 6) is 0.800. The standard InChI is InChI=1S/C12H5Br2N3S/c13-10-4-7(11(14)18-10)12-16-8-2-1-6(5-15)3-9(8)17-12/h1-4H,(H,16,17). The molecule has 0 unspecified atom stereocenters. The van der Waals surface area contributed by atoms with Crippen molar-refractivity contribution in [3.8, 4) is 17.5 Å². The van der Waals surface area contributed by atoms with Crippen molar-refractivity contribution in [3.63, 3.8) is 0 Å². The molecule has 0 amide bonds. The minimum atomic E-state index is 0.628. The number of halogens is 2. The number of imidazole rings is 1. The molecule has 2 heterocycles. The summed E-state index contributed by atoms with van der Waals surface area (Å²) >= 11 is 8.57. The fraction of sp³-hybridized carbons (Fsp3) is 0. The van der Waals surface area contributed by atoms with Crippen LogP contribution in [0.5, 0.6) is 0 Å². The molecular weight excluding hydrogens is 378 g/mol. The van der Waals surface area contributed by atoms with Gasteiger partial charge < -0.3 is 4.98 Å². The minimum absolute atomic E-state index is 0.628. The topological polar surface area (TPSA) is 52.5 Å². The van der Waals surface area contributed by atoms with Crippen molar-refractivity contribution in [2.45, 2.75) is 0 Å². The SMILES string of the molecule is N#Cc1ccc2nc(-c3cc(Br)sc3Br)[nH]c2c1. The van der Waals surface area contributed by atoms with Crippen LogP contribution in [-0.2, 0) is 0 Å². The Morgan fingerprint density at radius 1 is 1.28 bits per heavy atom. The summed E-state index contributed by atoms with van der Waals surface area (Å²) in [5, 5.41) is 8.87. The molecule has 0 aliphatic carbocycles. The third-order valence-corrected chi connectivity index (χ3v) is 4.86. The molecule has 6 heteroatoms. The molecule has 3 rings (SSSR count). The van der Waals surface area contributed by atoms with Crippen LogP contribution in [0.25, 0.3) is 22.4 Å². The number of nitrogens with one attached hydrogen (secondary N) is 1. The zero-order valence-corrected chi connectivity index (χ0v) is 12.9. The lowest BCUT2D eigenvalue weighted by molar-refractivity contribution is 1.34. The number of nitrogens with zero attached hydrogens (tertiary/aromatic N) is 2. The molecule has 0 aliphatic heterocycles. The summed E-state index contributed by atoms with van der Waals surface area (Å²) in [4.78, 5) is 7.76. The van der Waals surface area contributed by atoms with E-state index in [1.165, 1.54) is 0 Å². The maximum Gasteiger partial charge on any atom is 0.140 e. The number of hydrogen-bond acceptors (Lipinski definition) is 3. The van der Waals surface area contributed by atoms with Gasteiger partial charge in [-0.1, -0.05) is 0 Å². The molecule has 0 aliphatic rings.